The summed E-state index contributed by atoms with van der Waals surface area (Å²) in [5.74, 6) is -8.52. The van der Waals surface area contributed by atoms with Crippen LogP contribution in [0.15, 0.2) is 59.7 Å². The average molecular weight is 1350 g/mol. The largest absolute Gasteiger partial charge is 0.494 e. The number of halogens is 2. The predicted octanol–water partition coefficient (Wildman–Crippen LogP) is 1.64. The number of thioether (sulfide) groups is 1. The van der Waals surface area contributed by atoms with Gasteiger partial charge in [0.15, 0.2) is 0 Å². The fraction of sp³-hybridized carbons (Fsp3) is 0.600. The minimum absolute atomic E-state index is 0.0657. The van der Waals surface area contributed by atoms with E-state index in [9.17, 15) is 72.0 Å². The zero-order valence-corrected chi connectivity index (χ0v) is 55.1. The van der Waals surface area contributed by atoms with Gasteiger partial charge in [0, 0.05) is 141 Å². The number of pyridine rings is 1. The molecule has 4 aliphatic heterocycles. The summed E-state index contributed by atoms with van der Waals surface area (Å²) in [5, 5.41) is 37.3. The molecule has 0 bridgehead atoms. The van der Waals surface area contributed by atoms with Gasteiger partial charge in [0.25, 0.3) is 11.8 Å². The molecule has 2 aromatic carbocycles. The topological polar surface area (TPSA) is 328 Å². The molecule has 0 spiro atoms. The third-order valence-corrected chi connectivity index (χ3v) is 18.6. The first-order valence-electron chi connectivity index (χ1n) is 32.5. The first-order chi connectivity index (χ1) is 45.5. The highest BCUT2D eigenvalue weighted by Crippen LogP contribution is 2.32. The van der Waals surface area contributed by atoms with Gasteiger partial charge in [-0.25, -0.2) is 8.78 Å². The molecule has 0 saturated carbocycles. The van der Waals surface area contributed by atoms with E-state index >= 15 is 0 Å². The molecular weight excluding hydrogens is 1260 g/mol. The number of fused-ring (bicyclic) bond motifs is 1. The lowest BCUT2D eigenvalue weighted by Gasteiger charge is -2.35. The third-order valence-electron chi connectivity index (χ3n) is 17.2. The molecule has 3 atom stereocenters. The maximum absolute atomic E-state index is 14.1. The van der Waals surface area contributed by atoms with Crippen molar-refractivity contribution in [3.8, 4) is 5.75 Å². The summed E-state index contributed by atoms with van der Waals surface area (Å²) < 4.78 is 34.4. The highest BCUT2D eigenvalue weighted by atomic mass is 32.2. The zero-order chi connectivity index (χ0) is 68.4. The monoisotopic (exact) mass is 1350 g/mol. The van der Waals surface area contributed by atoms with Crippen molar-refractivity contribution < 1.29 is 76.8 Å². The maximum atomic E-state index is 14.1. The highest BCUT2D eigenvalue weighted by Gasteiger charge is 2.46. The smallest absolute Gasteiger partial charge is 0.317 e. The Balaban J connectivity index is 0.865. The van der Waals surface area contributed by atoms with E-state index in [4.69, 9.17) is 4.74 Å². The SMILES string of the molecule is CN=C[C@H]1CC(F)(F)CN1C(=O)CNC(=O)c1ccnc2ccc(OCCCCN3CCN(C(=O)CN4C(=O)CC(SCC(CCCCNC(=O)CCCc5ccc(C)cc5)NC(=O)CN5CCN(CC(=O)O)CCN(CC(=O)O)CCN(CC(=O)O)CC5)C4=O)CC3)cc12. The van der Waals surface area contributed by atoms with E-state index in [1.54, 1.807) is 37.8 Å². The summed E-state index contributed by atoms with van der Waals surface area (Å²) in [6.07, 6.45) is 7.03. The standard InChI is InChI=1S/C65H91F2N13O14S/c1-46-11-13-47(14-12-46)8-7-10-55(81)70-18-4-3-9-48(72-56(82)39-74-21-23-75(41-60(86)87)25-27-77(43-62(90)91)28-26-76(24-22-74)42-61(88)89)44-95-54-35-57(83)79(64(54)93)40-59(85)78-31-29-73(30-32-78)20-5-6-33-94-50-15-16-53-52(34-50)51(17-19-69-53)63(92)71-38-58(84)80-45-65(66,67)36-49(80)37-68-2/h11-17,19,34,37,48-49,54H,3-10,18,20-33,35-36,38-45H2,1-2H3,(H,70,81)(H,71,92)(H,72,82)(H,86,87)(H,88,89)(H,90,91)/t48?,49-,54?/m1/s1. The van der Waals surface area contributed by atoms with Crippen molar-refractivity contribution in [3.05, 3.63) is 71.4 Å². The van der Waals surface area contributed by atoms with Crippen molar-refractivity contribution in [2.45, 2.75) is 94.4 Å². The van der Waals surface area contributed by atoms with Crippen molar-refractivity contribution in [1.82, 2.24) is 60.1 Å². The van der Waals surface area contributed by atoms with Crippen LogP contribution in [-0.4, -0.2) is 305 Å². The quantitative estimate of drug-likeness (QED) is 0.0287. The van der Waals surface area contributed by atoms with Crippen molar-refractivity contribution >= 4 is 88.1 Å². The van der Waals surface area contributed by atoms with Crippen LogP contribution in [0.5, 0.6) is 5.75 Å². The first kappa shape index (κ1) is 74.6. The predicted molar refractivity (Wildman–Crippen MR) is 350 cm³/mol. The lowest BCUT2D eigenvalue weighted by atomic mass is 10.1. The fourth-order valence-electron chi connectivity index (χ4n) is 12.0. The number of imide groups is 1. The number of amides is 7. The van der Waals surface area contributed by atoms with Crippen LogP contribution in [0, 0.1) is 6.92 Å². The minimum Gasteiger partial charge on any atom is -0.494 e. The van der Waals surface area contributed by atoms with Gasteiger partial charge < -0.3 is 45.8 Å². The van der Waals surface area contributed by atoms with Crippen LogP contribution in [0.25, 0.3) is 10.9 Å². The summed E-state index contributed by atoms with van der Waals surface area (Å²) in [7, 11) is 1.44. The second kappa shape index (κ2) is 37.5. The zero-order valence-electron chi connectivity index (χ0n) is 54.3. The molecular formula is C65H91F2N13O14S. The number of aromatic nitrogens is 1. The van der Waals surface area contributed by atoms with Crippen molar-refractivity contribution in [1.29, 1.82) is 0 Å². The number of likely N-dealkylation sites (tertiary alicyclic amines) is 2. The van der Waals surface area contributed by atoms with E-state index in [0.29, 0.717) is 94.5 Å². The second-order valence-corrected chi connectivity index (χ2v) is 25.9. The summed E-state index contributed by atoms with van der Waals surface area (Å²) in [6.45, 7) is 4.51. The second-order valence-electron chi connectivity index (χ2n) is 24.6. The van der Waals surface area contributed by atoms with E-state index in [-0.39, 0.29) is 114 Å². The molecule has 4 aliphatic rings. The van der Waals surface area contributed by atoms with E-state index in [1.807, 2.05) is 24.0 Å². The Morgan fingerprint density at radius 1 is 0.726 bits per heavy atom. The van der Waals surface area contributed by atoms with E-state index in [0.717, 1.165) is 40.3 Å². The number of alkyl halides is 2. The molecule has 4 fully saturated rings. The van der Waals surface area contributed by atoms with Gasteiger partial charge >= 0.3 is 17.9 Å². The number of ether oxygens (including phenoxy) is 1. The molecule has 7 rings (SSSR count). The Labute approximate surface area is 556 Å². The Morgan fingerprint density at radius 3 is 1.97 bits per heavy atom. The van der Waals surface area contributed by atoms with Crippen molar-refractivity contribution in [2.75, 3.05) is 157 Å². The first-order valence-corrected chi connectivity index (χ1v) is 33.6. The van der Waals surface area contributed by atoms with Gasteiger partial charge in [-0.3, -0.25) is 87.3 Å². The molecule has 5 heterocycles. The van der Waals surface area contributed by atoms with Gasteiger partial charge in [0.1, 0.15) is 12.3 Å². The number of carbonyl (C=O) groups excluding carboxylic acids is 7. The lowest BCUT2D eigenvalue weighted by Crippen LogP contribution is -2.52. The number of piperazine rings is 1. The maximum Gasteiger partial charge on any atom is 0.317 e. The summed E-state index contributed by atoms with van der Waals surface area (Å²) >= 11 is 1.22. The Morgan fingerprint density at radius 2 is 1.35 bits per heavy atom. The number of aliphatic imine (C=N–C) groups is 1. The van der Waals surface area contributed by atoms with Crippen molar-refractivity contribution in [2.24, 2.45) is 4.99 Å². The number of unbranched alkanes of at least 4 members (excludes halogenated alkanes) is 2. The number of nitrogens with one attached hydrogen (secondary N) is 3. The van der Waals surface area contributed by atoms with Crippen LogP contribution < -0.4 is 20.7 Å². The van der Waals surface area contributed by atoms with Crippen LogP contribution in [0.2, 0.25) is 0 Å². The number of hydrogen-bond acceptors (Lipinski definition) is 19. The Kier molecular flexibility index (Phi) is 29.5. The van der Waals surface area contributed by atoms with Gasteiger partial charge in [-0.15, -0.1) is 11.8 Å². The molecule has 3 aromatic rings. The van der Waals surface area contributed by atoms with Crippen LogP contribution in [0.4, 0.5) is 8.78 Å². The number of benzene rings is 2. The van der Waals surface area contributed by atoms with E-state index in [1.165, 1.54) is 37.3 Å². The summed E-state index contributed by atoms with van der Waals surface area (Å²) in [5.41, 5.74) is 3.07. The fourth-order valence-corrected chi connectivity index (χ4v) is 13.2. The Hall–Kier alpha value is -7.77. The van der Waals surface area contributed by atoms with Crippen LogP contribution in [0.1, 0.15) is 79.3 Å². The molecule has 0 aliphatic carbocycles. The minimum atomic E-state index is -3.06. The number of carboxylic acid groups (broad SMARTS) is 3. The van der Waals surface area contributed by atoms with Gasteiger partial charge in [-0.2, -0.15) is 0 Å². The van der Waals surface area contributed by atoms with Gasteiger partial charge in [0.2, 0.25) is 35.4 Å². The summed E-state index contributed by atoms with van der Waals surface area (Å²) in [4.78, 5) is 150. The molecule has 0 radical (unpaired) electrons. The number of carbonyl (C=O) groups is 10. The molecule has 7 amide bonds. The number of aryl methyl sites for hydroxylation is 2. The number of carboxylic acids is 3. The van der Waals surface area contributed by atoms with Crippen LogP contribution in [-0.2, 0) is 49.6 Å². The third kappa shape index (κ3) is 25.1. The average Bonchev–Trinajstić information content (AvgIpc) is 1.54. The molecule has 1 aromatic heterocycles. The number of aliphatic carboxylic acids is 3. The molecule has 6 N–H and O–H groups in total. The molecule has 4 saturated heterocycles. The molecule has 95 heavy (non-hydrogen) atoms. The van der Waals surface area contributed by atoms with Crippen molar-refractivity contribution in [3.63, 3.8) is 0 Å². The summed E-state index contributed by atoms with van der Waals surface area (Å²) in [6, 6.07) is 13.5. The molecule has 520 valence electrons. The number of nitrogens with zero attached hydrogens (tertiary/aromatic N) is 10. The van der Waals surface area contributed by atoms with Gasteiger partial charge in [0.05, 0.1) is 68.2 Å². The normalized spacial score (nSPS) is 19.3. The lowest BCUT2D eigenvalue weighted by molar-refractivity contribution is -0.146. The molecule has 2 unspecified atom stereocenters. The van der Waals surface area contributed by atoms with E-state index in [2.05, 4.69) is 43.0 Å². The molecule has 27 nitrogen and oxygen atoms in total. The van der Waals surface area contributed by atoms with Gasteiger partial charge in [-0.1, -0.05) is 29.8 Å². The highest BCUT2D eigenvalue weighted by molar-refractivity contribution is 8.00. The molecule has 30 heteroatoms. The van der Waals surface area contributed by atoms with E-state index < -0.39 is 90.8 Å². The number of rotatable bonds is 33. The van der Waals surface area contributed by atoms with Gasteiger partial charge in [-0.05, 0) is 88.2 Å². The Bertz CT molecular complexity index is 3130. The van der Waals surface area contributed by atoms with Crippen LogP contribution in [0.3, 0.4) is 0 Å². The van der Waals surface area contributed by atoms with Crippen LogP contribution >= 0.6 is 11.8 Å². The number of hydrogen-bond donors (Lipinski definition) is 6.